The lowest BCUT2D eigenvalue weighted by atomic mass is 10.2. The zero-order valence-corrected chi connectivity index (χ0v) is 14.4. The second kappa shape index (κ2) is 6.92. The smallest absolute Gasteiger partial charge is 0.336 e. The van der Waals surface area contributed by atoms with E-state index in [9.17, 15) is 9.00 Å². The highest BCUT2D eigenvalue weighted by molar-refractivity contribution is 9.10. The van der Waals surface area contributed by atoms with Gasteiger partial charge in [0.05, 0.1) is 37.1 Å². The number of hydrogen-bond acceptors (Lipinski definition) is 2. The van der Waals surface area contributed by atoms with Crippen LogP contribution in [0.15, 0.2) is 45.8 Å². The zero-order valence-electron chi connectivity index (χ0n) is 10.5. The molecule has 21 heavy (non-hydrogen) atoms. The second-order valence-corrected chi connectivity index (χ2v) is 7.33. The first-order valence-corrected chi connectivity index (χ1v) is 8.60. The Morgan fingerprint density at radius 3 is 2.48 bits per heavy atom. The molecule has 3 nitrogen and oxygen atoms in total. The molecular formula is C14H9BrCl2O3S. The van der Waals surface area contributed by atoms with Crippen molar-refractivity contribution < 1.29 is 14.1 Å². The van der Waals surface area contributed by atoms with Crippen molar-refractivity contribution in [3.05, 3.63) is 62.0 Å². The van der Waals surface area contributed by atoms with Gasteiger partial charge in [0.2, 0.25) is 0 Å². The van der Waals surface area contributed by atoms with E-state index in [0.29, 0.717) is 14.5 Å². The second-order valence-electron chi connectivity index (χ2n) is 4.18. The maximum absolute atomic E-state index is 12.4. The molecule has 0 amide bonds. The Bertz CT molecular complexity index is 734. The quantitative estimate of drug-likeness (QED) is 0.794. The Labute approximate surface area is 142 Å². The van der Waals surface area contributed by atoms with Gasteiger partial charge in [-0.25, -0.2) is 4.79 Å². The molecule has 0 saturated heterocycles. The number of halogens is 3. The van der Waals surface area contributed by atoms with E-state index >= 15 is 0 Å². The van der Waals surface area contributed by atoms with Gasteiger partial charge in [0, 0.05) is 4.47 Å². The van der Waals surface area contributed by atoms with Gasteiger partial charge in [-0.2, -0.15) is 0 Å². The molecule has 0 spiro atoms. The molecule has 2 aromatic rings. The van der Waals surface area contributed by atoms with E-state index < -0.39 is 16.8 Å². The number of carboxylic acids is 1. The van der Waals surface area contributed by atoms with Crippen LogP contribution in [0.1, 0.15) is 15.9 Å². The zero-order chi connectivity index (χ0) is 15.6. The van der Waals surface area contributed by atoms with Crippen LogP contribution in [-0.2, 0) is 16.6 Å². The number of carboxylic acid groups (broad SMARTS) is 1. The number of benzene rings is 2. The third-order valence-electron chi connectivity index (χ3n) is 2.70. The summed E-state index contributed by atoms with van der Waals surface area (Å²) in [4.78, 5) is 11.5. The number of rotatable bonds is 4. The lowest BCUT2D eigenvalue weighted by molar-refractivity contribution is 0.0693. The molecule has 1 N–H and O–H groups in total. The van der Waals surface area contributed by atoms with Gasteiger partial charge in [0.15, 0.2) is 0 Å². The predicted octanol–water partition coefficient (Wildman–Crippen LogP) is 4.76. The Morgan fingerprint density at radius 1 is 1.14 bits per heavy atom. The maximum atomic E-state index is 12.4. The minimum absolute atomic E-state index is 0.0246. The summed E-state index contributed by atoms with van der Waals surface area (Å²) in [6.45, 7) is 0. The molecule has 110 valence electrons. The first-order valence-electron chi connectivity index (χ1n) is 5.73. The molecular weight excluding hydrogens is 399 g/mol. The highest BCUT2D eigenvalue weighted by Gasteiger charge is 2.16. The molecule has 0 saturated carbocycles. The average molecular weight is 408 g/mol. The fourth-order valence-corrected chi connectivity index (χ4v) is 3.85. The maximum Gasteiger partial charge on any atom is 0.336 e. The van der Waals surface area contributed by atoms with Crippen molar-refractivity contribution in [2.75, 3.05) is 0 Å². The van der Waals surface area contributed by atoms with Crippen LogP contribution in [0, 0.1) is 0 Å². The van der Waals surface area contributed by atoms with Crippen LogP contribution in [0.5, 0.6) is 0 Å². The molecule has 2 rings (SSSR count). The Balaban J connectivity index is 2.34. The van der Waals surface area contributed by atoms with Crippen molar-refractivity contribution in [2.45, 2.75) is 10.6 Å². The van der Waals surface area contributed by atoms with Gasteiger partial charge in [-0.05, 0) is 35.9 Å². The van der Waals surface area contributed by atoms with Gasteiger partial charge < -0.3 is 5.11 Å². The molecule has 1 unspecified atom stereocenters. The lowest BCUT2D eigenvalue weighted by Crippen LogP contribution is -2.06. The Kier molecular flexibility index (Phi) is 5.43. The molecule has 0 fully saturated rings. The summed E-state index contributed by atoms with van der Waals surface area (Å²) < 4.78 is 13.1. The monoisotopic (exact) mass is 406 g/mol. The summed E-state index contributed by atoms with van der Waals surface area (Å²) >= 11 is 15.0. The van der Waals surface area contributed by atoms with Crippen molar-refractivity contribution in [3.63, 3.8) is 0 Å². The minimum Gasteiger partial charge on any atom is -0.478 e. The van der Waals surface area contributed by atoms with Crippen LogP contribution in [0.25, 0.3) is 0 Å². The van der Waals surface area contributed by atoms with E-state index in [-0.39, 0.29) is 16.2 Å². The third-order valence-corrected chi connectivity index (χ3v) is 5.36. The van der Waals surface area contributed by atoms with Crippen LogP contribution >= 0.6 is 39.1 Å². The van der Waals surface area contributed by atoms with Gasteiger partial charge in [-0.3, -0.25) is 4.21 Å². The van der Waals surface area contributed by atoms with Crippen LogP contribution in [0.2, 0.25) is 10.0 Å². The van der Waals surface area contributed by atoms with E-state index in [1.165, 1.54) is 6.07 Å². The van der Waals surface area contributed by atoms with E-state index in [1.54, 1.807) is 30.3 Å². The number of hydrogen-bond donors (Lipinski definition) is 1. The largest absolute Gasteiger partial charge is 0.478 e. The van der Waals surface area contributed by atoms with Gasteiger partial charge in [-0.1, -0.05) is 45.2 Å². The van der Waals surface area contributed by atoms with Gasteiger partial charge in [0.25, 0.3) is 0 Å². The van der Waals surface area contributed by atoms with Crippen molar-refractivity contribution in [2.24, 2.45) is 0 Å². The summed E-state index contributed by atoms with van der Waals surface area (Å²) in [5.74, 6) is -0.951. The molecule has 0 aliphatic carbocycles. The summed E-state index contributed by atoms with van der Waals surface area (Å²) in [6, 6.07) is 9.54. The van der Waals surface area contributed by atoms with Crippen LogP contribution in [-0.4, -0.2) is 15.3 Å². The first-order chi connectivity index (χ1) is 9.88. The number of carbonyl (C=O) groups is 1. The Morgan fingerprint density at radius 2 is 1.86 bits per heavy atom. The van der Waals surface area contributed by atoms with Crippen molar-refractivity contribution in [1.82, 2.24) is 0 Å². The lowest BCUT2D eigenvalue weighted by Gasteiger charge is -2.08. The Hall–Kier alpha value is -0.880. The minimum atomic E-state index is -1.50. The van der Waals surface area contributed by atoms with Crippen molar-refractivity contribution >= 4 is 55.9 Å². The fraction of sp³-hybridized carbons (Fsp3) is 0.0714. The summed E-state index contributed by atoms with van der Waals surface area (Å²) in [5, 5.41) is 9.95. The highest BCUT2D eigenvalue weighted by Crippen LogP contribution is 2.26. The molecule has 1 atom stereocenters. The van der Waals surface area contributed by atoms with E-state index in [0.717, 1.165) is 5.56 Å². The standard InChI is InChI=1S/C14H9BrCl2O3S/c15-9-2-3-10(14(18)19)13(6-9)21(20)7-8-1-4-11(16)12(17)5-8/h1-6H,7H2,(H,18,19). The van der Waals surface area contributed by atoms with E-state index in [1.807, 2.05) is 0 Å². The van der Waals surface area contributed by atoms with Gasteiger partial charge in [-0.15, -0.1) is 0 Å². The number of aromatic carboxylic acids is 1. The van der Waals surface area contributed by atoms with Crippen LogP contribution in [0.3, 0.4) is 0 Å². The predicted molar refractivity (Wildman–Crippen MR) is 87.7 cm³/mol. The van der Waals surface area contributed by atoms with Gasteiger partial charge in [0.1, 0.15) is 0 Å². The topological polar surface area (TPSA) is 54.4 Å². The van der Waals surface area contributed by atoms with Crippen molar-refractivity contribution in [3.8, 4) is 0 Å². The molecule has 0 aromatic heterocycles. The summed E-state index contributed by atoms with van der Waals surface area (Å²) in [5.41, 5.74) is 0.746. The molecule has 0 aliphatic heterocycles. The summed E-state index contributed by atoms with van der Waals surface area (Å²) in [7, 11) is -1.50. The molecule has 7 heteroatoms. The molecule has 2 aromatic carbocycles. The summed E-state index contributed by atoms with van der Waals surface area (Å²) in [6.07, 6.45) is 0. The van der Waals surface area contributed by atoms with Gasteiger partial charge >= 0.3 is 5.97 Å². The molecule has 0 heterocycles. The van der Waals surface area contributed by atoms with Crippen LogP contribution < -0.4 is 0 Å². The molecule has 0 radical (unpaired) electrons. The fourth-order valence-electron chi connectivity index (χ4n) is 1.72. The molecule has 0 bridgehead atoms. The SMILES string of the molecule is O=C(O)c1ccc(Br)cc1S(=O)Cc1ccc(Cl)c(Cl)c1. The first kappa shape index (κ1) is 16.5. The van der Waals surface area contributed by atoms with Crippen molar-refractivity contribution in [1.29, 1.82) is 0 Å². The average Bonchev–Trinajstić information content (AvgIpc) is 2.42. The van der Waals surface area contributed by atoms with Crippen LogP contribution in [0.4, 0.5) is 0 Å². The highest BCUT2D eigenvalue weighted by atomic mass is 79.9. The third kappa shape index (κ3) is 4.07. The normalized spacial score (nSPS) is 12.1. The van der Waals surface area contributed by atoms with E-state index in [4.69, 9.17) is 28.3 Å². The van der Waals surface area contributed by atoms with E-state index in [2.05, 4.69) is 15.9 Å². The molecule has 0 aliphatic rings.